The highest BCUT2D eigenvalue weighted by Crippen LogP contribution is 2.24. The van der Waals surface area contributed by atoms with Crippen molar-refractivity contribution in [3.8, 4) is 11.5 Å². The number of ether oxygens (including phenoxy) is 1. The van der Waals surface area contributed by atoms with E-state index in [1.165, 1.54) is 11.8 Å². The average molecular weight is 340 g/mol. The normalized spacial score (nSPS) is 11.5. The fourth-order valence-electron chi connectivity index (χ4n) is 2.18. The molecule has 2 rings (SSSR count). The zero-order valence-corrected chi connectivity index (χ0v) is 15.0. The molecule has 0 saturated carbocycles. The first-order chi connectivity index (χ1) is 11.8. The fraction of sp³-hybridized carbons (Fsp3) is 0.300. The standard InChI is InChI=1S/C20H24N2O3/c1-14-5-10-18(23)15(11-14)12-21-22-19(24)13-25-17-8-6-16(7-9-17)20(2,3)4/h5-12,23H,13H2,1-4H3,(H,22,24). The predicted octanol–water partition coefficient (Wildman–Crippen LogP) is 3.53. The monoisotopic (exact) mass is 340 g/mol. The fourth-order valence-corrected chi connectivity index (χ4v) is 2.18. The number of aromatic hydroxyl groups is 1. The lowest BCUT2D eigenvalue weighted by atomic mass is 9.87. The Morgan fingerprint density at radius 3 is 2.52 bits per heavy atom. The number of carbonyl (C=O) groups excluding carboxylic acids is 1. The van der Waals surface area contributed by atoms with Crippen molar-refractivity contribution in [3.63, 3.8) is 0 Å². The van der Waals surface area contributed by atoms with Gasteiger partial charge in [0.15, 0.2) is 6.61 Å². The molecule has 0 aliphatic heterocycles. The van der Waals surface area contributed by atoms with Crippen LogP contribution in [0.15, 0.2) is 47.6 Å². The van der Waals surface area contributed by atoms with Gasteiger partial charge in [0.05, 0.1) is 6.21 Å². The highest BCUT2D eigenvalue weighted by atomic mass is 16.5. The van der Waals surface area contributed by atoms with E-state index in [4.69, 9.17) is 4.74 Å². The molecule has 0 bridgehead atoms. The first kappa shape index (κ1) is 18.5. The molecule has 25 heavy (non-hydrogen) atoms. The number of nitrogens with zero attached hydrogens (tertiary/aromatic N) is 1. The second-order valence-corrected chi connectivity index (χ2v) is 6.92. The molecule has 132 valence electrons. The highest BCUT2D eigenvalue weighted by Gasteiger charge is 2.13. The van der Waals surface area contributed by atoms with Crippen molar-refractivity contribution in [3.05, 3.63) is 59.2 Å². The number of hydrogen-bond donors (Lipinski definition) is 2. The van der Waals surface area contributed by atoms with E-state index in [0.29, 0.717) is 11.3 Å². The number of amides is 1. The van der Waals surface area contributed by atoms with Gasteiger partial charge in [-0.15, -0.1) is 0 Å². The zero-order valence-electron chi connectivity index (χ0n) is 15.0. The lowest BCUT2D eigenvalue weighted by Crippen LogP contribution is -2.24. The molecule has 0 heterocycles. The summed E-state index contributed by atoms with van der Waals surface area (Å²) in [6.07, 6.45) is 1.40. The van der Waals surface area contributed by atoms with E-state index in [2.05, 4.69) is 31.3 Å². The SMILES string of the molecule is Cc1ccc(O)c(C=NNC(=O)COc2ccc(C(C)(C)C)cc2)c1. The Kier molecular flexibility index (Phi) is 5.80. The van der Waals surface area contributed by atoms with Crippen molar-refractivity contribution in [2.75, 3.05) is 6.61 Å². The largest absolute Gasteiger partial charge is 0.507 e. The minimum atomic E-state index is -0.372. The number of phenolic OH excluding ortho intramolecular Hbond substituents is 1. The minimum Gasteiger partial charge on any atom is -0.507 e. The molecule has 5 heteroatoms. The molecule has 1 amide bonds. The summed E-state index contributed by atoms with van der Waals surface area (Å²) in [5.74, 6) is 0.366. The summed E-state index contributed by atoms with van der Waals surface area (Å²) in [5, 5.41) is 13.5. The van der Waals surface area contributed by atoms with Crippen LogP contribution in [0.1, 0.15) is 37.5 Å². The lowest BCUT2D eigenvalue weighted by Gasteiger charge is -2.19. The molecule has 0 aliphatic carbocycles. The van der Waals surface area contributed by atoms with Gasteiger partial charge < -0.3 is 9.84 Å². The molecule has 0 spiro atoms. The van der Waals surface area contributed by atoms with E-state index >= 15 is 0 Å². The van der Waals surface area contributed by atoms with Gasteiger partial charge in [0.2, 0.25) is 0 Å². The molecule has 0 unspecified atom stereocenters. The lowest BCUT2D eigenvalue weighted by molar-refractivity contribution is -0.123. The van der Waals surface area contributed by atoms with Gasteiger partial charge in [-0.2, -0.15) is 5.10 Å². The third-order valence-corrected chi connectivity index (χ3v) is 3.67. The summed E-state index contributed by atoms with van der Waals surface area (Å²) < 4.78 is 5.45. The third-order valence-electron chi connectivity index (χ3n) is 3.67. The number of phenols is 1. The highest BCUT2D eigenvalue weighted by molar-refractivity contribution is 5.85. The maximum absolute atomic E-state index is 11.8. The van der Waals surface area contributed by atoms with Crippen LogP contribution in [0.3, 0.4) is 0 Å². The minimum absolute atomic E-state index is 0.0754. The number of hydrazone groups is 1. The second kappa shape index (κ2) is 7.83. The number of aryl methyl sites for hydroxylation is 1. The Balaban J connectivity index is 1.84. The molecule has 0 aliphatic rings. The molecular weight excluding hydrogens is 316 g/mol. The van der Waals surface area contributed by atoms with Crippen molar-refractivity contribution in [1.29, 1.82) is 0 Å². The number of rotatable bonds is 5. The van der Waals surface area contributed by atoms with Crippen LogP contribution in [0, 0.1) is 6.92 Å². The number of hydrogen-bond acceptors (Lipinski definition) is 4. The van der Waals surface area contributed by atoms with Crippen molar-refractivity contribution in [1.82, 2.24) is 5.43 Å². The summed E-state index contributed by atoms with van der Waals surface area (Å²) in [6, 6.07) is 12.8. The van der Waals surface area contributed by atoms with Gasteiger partial charge >= 0.3 is 0 Å². The van der Waals surface area contributed by atoms with Crippen LogP contribution in [0.5, 0.6) is 11.5 Å². The first-order valence-electron chi connectivity index (χ1n) is 8.10. The van der Waals surface area contributed by atoms with Crippen molar-refractivity contribution in [2.45, 2.75) is 33.1 Å². The topological polar surface area (TPSA) is 70.9 Å². The summed E-state index contributed by atoms with van der Waals surface area (Å²) in [6.45, 7) is 8.20. The van der Waals surface area contributed by atoms with Crippen LogP contribution in [-0.2, 0) is 10.2 Å². The van der Waals surface area contributed by atoms with Crippen molar-refractivity contribution in [2.24, 2.45) is 5.10 Å². The van der Waals surface area contributed by atoms with E-state index < -0.39 is 0 Å². The zero-order chi connectivity index (χ0) is 18.4. The van der Waals surface area contributed by atoms with Gasteiger partial charge in [0.1, 0.15) is 11.5 Å². The van der Waals surface area contributed by atoms with Gasteiger partial charge in [0.25, 0.3) is 5.91 Å². The maximum atomic E-state index is 11.8. The second-order valence-electron chi connectivity index (χ2n) is 6.92. The summed E-state index contributed by atoms with van der Waals surface area (Å²) in [4.78, 5) is 11.8. The van der Waals surface area contributed by atoms with Gasteiger partial charge in [-0.05, 0) is 42.2 Å². The third kappa shape index (κ3) is 5.64. The molecule has 0 fully saturated rings. The molecule has 0 radical (unpaired) electrons. The molecule has 2 aromatic carbocycles. The smallest absolute Gasteiger partial charge is 0.277 e. The Labute approximate surface area is 148 Å². The van der Waals surface area contributed by atoms with E-state index in [-0.39, 0.29) is 23.7 Å². The molecular formula is C20H24N2O3. The van der Waals surface area contributed by atoms with Crippen LogP contribution >= 0.6 is 0 Å². The molecule has 0 saturated heterocycles. The predicted molar refractivity (Wildman–Crippen MR) is 99.2 cm³/mol. The van der Waals surface area contributed by atoms with Crippen LogP contribution < -0.4 is 10.2 Å². The first-order valence-corrected chi connectivity index (χ1v) is 8.10. The van der Waals surface area contributed by atoms with E-state index in [1.54, 1.807) is 18.2 Å². The molecule has 2 aromatic rings. The maximum Gasteiger partial charge on any atom is 0.277 e. The Morgan fingerprint density at radius 2 is 1.88 bits per heavy atom. The Morgan fingerprint density at radius 1 is 1.20 bits per heavy atom. The van der Waals surface area contributed by atoms with Crippen LogP contribution in [0.25, 0.3) is 0 Å². The van der Waals surface area contributed by atoms with E-state index in [1.807, 2.05) is 31.2 Å². The van der Waals surface area contributed by atoms with Crippen molar-refractivity contribution < 1.29 is 14.6 Å². The van der Waals surface area contributed by atoms with Crippen molar-refractivity contribution >= 4 is 12.1 Å². The summed E-state index contributed by atoms with van der Waals surface area (Å²) >= 11 is 0. The van der Waals surface area contributed by atoms with Gasteiger partial charge in [-0.1, -0.05) is 44.5 Å². The number of nitrogens with one attached hydrogen (secondary N) is 1. The molecule has 5 nitrogen and oxygen atoms in total. The molecule has 0 aromatic heterocycles. The Hall–Kier alpha value is -2.82. The number of benzene rings is 2. The molecule has 0 atom stereocenters. The average Bonchev–Trinajstić information content (AvgIpc) is 2.56. The quantitative estimate of drug-likeness (QED) is 0.646. The van der Waals surface area contributed by atoms with Gasteiger partial charge in [-0.25, -0.2) is 5.43 Å². The van der Waals surface area contributed by atoms with Gasteiger partial charge in [0, 0.05) is 5.56 Å². The number of carbonyl (C=O) groups is 1. The van der Waals surface area contributed by atoms with Crippen LogP contribution in [0.2, 0.25) is 0 Å². The van der Waals surface area contributed by atoms with Crippen LogP contribution in [-0.4, -0.2) is 23.8 Å². The van der Waals surface area contributed by atoms with Gasteiger partial charge in [-0.3, -0.25) is 4.79 Å². The summed E-state index contributed by atoms with van der Waals surface area (Å²) in [5.41, 5.74) is 5.19. The van der Waals surface area contributed by atoms with E-state index in [0.717, 1.165) is 5.56 Å². The summed E-state index contributed by atoms with van der Waals surface area (Å²) in [7, 11) is 0. The van der Waals surface area contributed by atoms with E-state index in [9.17, 15) is 9.90 Å². The van der Waals surface area contributed by atoms with Crippen LogP contribution in [0.4, 0.5) is 0 Å². The Bertz CT molecular complexity index is 760. The molecule has 2 N–H and O–H groups in total.